The first kappa shape index (κ1) is 37.9. The number of phenolic OH excluding ortho intramolecular Hbond substituents is 11. The van der Waals surface area contributed by atoms with Gasteiger partial charge in [-0.05, 0) is 54.9 Å². The summed E-state index contributed by atoms with van der Waals surface area (Å²) in [5.74, 6) is -12.7. The van der Waals surface area contributed by atoms with Crippen molar-refractivity contribution < 1.29 is 56.2 Å². The molecule has 1 aliphatic carbocycles. The van der Waals surface area contributed by atoms with Crippen molar-refractivity contribution in [2.24, 2.45) is 23.7 Å². The van der Waals surface area contributed by atoms with Gasteiger partial charge in [-0.2, -0.15) is 0 Å². The molecule has 0 amide bonds. The van der Waals surface area contributed by atoms with Crippen LogP contribution in [-0.2, 0) is 0 Å². The molecule has 0 saturated heterocycles. The molecule has 4 atom stereocenters. The van der Waals surface area contributed by atoms with E-state index in [0.29, 0.717) is 0 Å². The third kappa shape index (κ3) is 5.66. The summed E-state index contributed by atoms with van der Waals surface area (Å²) in [6, 6.07) is 5.95. The summed E-state index contributed by atoms with van der Waals surface area (Å²) in [6.07, 6.45) is 0. The highest BCUT2D eigenvalue weighted by molar-refractivity contribution is 5.70. The quantitative estimate of drug-likeness (QED) is 0.0902. The van der Waals surface area contributed by atoms with Crippen LogP contribution in [0.5, 0.6) is 63.2 Å². The lowest BCUT2D eigenvalue weighted by Crippen LogP contribution is -2.17. The zero-order chi connectivity index (χ0) is 39.0. The average Bonchev–Trinajstić information content (AvgIpc) is 3.06. The lowest BCUT2D eigenvalue weighted by Gasteiger charge is -2.33. The van der Waals surface area contributed by atoms with Crippen LogP contribution in [0.4, 0.5) is 0 Å². The smallest absolute Gasteiger partial charge is 0.200 e. The van der Waals surface area contributed by atoms with Crippen molar-refractivity contribution in [1.82, 2.24) is 0 Å². The van der Waals surface area contributed by atoms with Gasteiger partial charge in [0, 0.05) is 73.7 Å². The minimum atomic E-state index is -0.988. The van der Waals surface area contributed by atoms with Crippen molar-refractivity contribution in [2.75, 3.05) is 0 Å². The lowest BCUT2D eigenvalue weighted by atomic mass is 9.72. The van der Waals surface area contributed by atoms with Crippen LogP contribution in [0, 0.1) is 30.6 Å². The van der Waals surface area contributed by atoms with Gasteiger partial charge in [0.2, 0.25) is 17.2 Å². The van der Waals surface area contributed by atoms with Crippen LogP contribution in [0.25, 0.3) is 0 Å². The Morgan fingerprint density at radius 3 is 0.596 bits per heavy atom. The van der Waals surface area contributed by atoms with E-state index >= 15 is 0 Å². The summed E-state index contributed by atoms with van der Waals surface area (Å²) >= 11 is 0. The Bertz CT molecular complexity index is 1650. The Balaban J connectivity index is 2.11. The first-order chi connectivity index (χ1) is 24.1. The van der Waals surface area contributed by atoms with E-state index in [-0.39, 0.29) is 73.4 Å². The predicted octanol–water partition coefficient (Wildman–Crippen LogP) is 8.22. The normalized spacial score (nSPS) is 18.9. The molecule has 11 N–H and O–H groups in total. The number of benzene rings is 4. The summed E-state index contributed by atoms with van der Waals surface area (Å²) in [6.45, 7) is 15.9. The largest absolute Gasteiger partial charge is 0.507 e. The van der Waals surface area contributed by atoms with E-state index in [1.807, 2.05) is 27.7 Å². The van der Waals surface area contributed by atoms with Crippen LogP contribution in [0.2, 0.25) is 0 Å². The first-order valence-corrected chi connectivity index (χ1v) is 17.5. The molecule has 0 heterocycles. The van der Waals surface area contributed by atoms with Gasteiger partial charge in [0.05, 0.1) is 0 Å². The van der Waals surface area contributed by atoms with Gasteiger partial charge in [-0.1, -0.05) is 55.4 Å². The van der Waals surface area contributed by atoms with Crippen molar-refractivity contribution in [3.05, 3.63) is 74.3 Å². The predicted molar refractivity (Wildman–Crippen MR) is 196 cm³/mol. The van der Waals surface area contributed by atoms with Gasteiger partial charge in [-0.15, -0.1) is 0 Å². The maximum atomic E-state index is 11.6. The highest BCUT2D eigenvalue weighted by atomic mass is 16.3. The molecule has 0 saturated carbocycles. The van der Waals surface area contributed by atoms with Gasteiger partial charge >= 0.3 is 0 Å². The molecule has 8 bridgehead atoms. The number of aromatic hydroxyl groups is 11. The van der Waals surface area contributed by atoms with Gasteiger partial charge in [-0.25, -0.2) is 0 Å². The Hall–Kier alpha value is -5.32. The average molecular weight is 719 g/mol. The van der Waals surface area contributed by atoms with Crippen molar-refractivity contribution in [1.29, 1.82) is 0 Å². The van der Waals surface area contributed by atoms with Crippen molar-refractivity contribution in [3.8, 4) is 63.2 Å². The highest BCUT2D eigenvalue weighted by Gasteiger charge is 2.39. The standard InChI is InChI=1S/C41H50O11/c1-14(2)27-19-10-20(32(43)18(9)31(19)42)28(15(3)4)22-12-24(36(47)40(51)34(22)45)30(17(7)8)26-13-25(37(48)41(52)38(26)49)29(16(5)6)23-11-21(27)33(44)39(50)35(23)46/h10-17,27-30,42-52H,1-9H3. The highest BCUT2D eigenvalue weighted by Crippen LogP contribution is 2.59. The fourth-order valence-corrected chi connectivity index (χ4v) is 8.36. The fourth-order valence-electron chi connectivity index (χ4n) is 8.36. The van der Waals surface area contributed by atoms with Gasteiger partial charge < -0.3 is 56.2 Å². The molecule has 4 aromatic rings. The monoisotopic (exact) mass is 718 g/mol. The van der Waals surface area contributed by atoms with E-state index < -0.39 is 87.3 Å². The molecule has 280 valence electrons. The molecule has 0 radical (unpaired) electrons. The van der Waals surface area contributed by atoms with Crippen LogP contribution >= 0.6 is 0 Å². The number of hydrogen-bond acceptors (Lipinski definition) is 11. The molecule has 11 heteroatoms. The van der Waals surface area contributed by atoms with E-state index in [2.05, 4.69) is 0 Å². The first-order valence-electron chi connectivity index (χ1n) is 17.5. The maximum absolute atomic E-state index is 11.6. The number of rotatable bonds is 4. The van der Waals surface area contributed by atoms with Crippen LogP contribution in [0.3, 0.4) is 0 Å². The van der Waals surface area contributed by atoms with E-state index in [1.54, 1.807) is 33.8 Å². The van der Waals surface area contributed by atoms with Crippen molar-refractivity contribution >= 4 is 0 Å². The summed E-state index contributed by atoms with van der Waals surface area (Å²) in [7, 11) is 0. The van der Waals surface area contributed by atoms with E-state index in [1.165, 1.54) is 25.1 Å². The number of hydrogen-bond donors (Lipinski definition) is 11. The Kier molecular flexibility index (Phi) is 9.73. The van der Waals surface area contributed by atoms with E-state index in [9.17, 15) is 56.2 Å². The molecule has 4 aromatic carbocycles. The second-order valence-corrected chi connectivity index (χ2v) is 15.6. The zero-order valence-corrected chi connectivity index (χ0v) is 30.8. The molecule has 0 fully saturated rings. The summed E-state index contributed by atoms with van der Waals surface area (Å²) in [5, 5.41) is 126. The topological polar surface area (TPSA) is 223 Å². The molecular weight excluding hydrogens is 668 g/mol. The SMILES string of the molecule is Cc1c(O)c2cc(c1O)C(C(C)C)c1cc(c(O)c(O)c1O)C(C(C)C)c1cc(c(O)c(O)c1O)C(C(C)C)c1cc(c(O)c(O)c1O)C2C(C)C. The third-order valence-electron chi connectivity index (χ3n) is 10.8. The Morgan fingerprint density at radius 2 is 0.442 bits per heavy atom. The summed E-state index contributed by atoms with van der Waals surface area (Å²) < 4.78 is 0. The second-order valence-electron chi connectivity index (χ2n) is 15.6. The van der Waals surface area contributed by atoms with Crippen LogP contribution in [0.15, 0.2) is 24.3 Å². The minimum Gasteiger partial charge on any atom is -0.507 e. The Morgan fingerprint density at radius 1 is 0.288 bits per heavy atom. The molecule has 52 heavy (non-hydrogen) atoms. The number of phenols is 11. The second kappa shape index (κ2) is 13.3. The van der Waals surface area contributed by atoms with Crippen LogP contribution < -0.4 is 0 Å². The molecule has 11 nitrogen and oxygen atoms in total. The van der Waals surface area contributed by atoms with Gasteiger partial charge in [0.25, 0.3) is 0 Å². The van der Waals surface area contributed by atoms with Crippen LogP contribution in [-0.4, -0.2) is 56.2 Å². The molecule has 5 rings (SSSR count). The summed E-state index contributed by atoms with van der Waals surface area (Å²) in [4.78, 5) is 0. The minimum absolute atomic E-state index is 0.0406. The molecule has 0 aromatic heterocycles. The molecule has 4 unspecified atom stereocenters. The van der Waals surface area contributed by atoms with Gasteiger partial charge in [-0.3, -0.25) is 0 Å². The number of fused-ring (bicyclic) bond motifs is 8. The van der Waals surface area contributed by atoms with Crippen LogP contribution in [0.1, 0.15) is 129 Å². The zero-order valence-electron chi connectivity index (χ0n) is 30.8. The van der Waals surface area contributed by atoms with E-state index in [4.69, 9.17) is 0 Å². The van der Waals surface area contributed by atoms with Crippen molar-refractivity contribution in [2.45, 2.75) is 86.0 Å². The van der Waals surface area contributed by atoms with E-state index in [0.717, 1.165) is 0 Å². The maximum Gasteiger partial charge on any atom is 0.200 e. The van der Waals surface area contributed by atoms with Gasteiger partial charge in [0.15, 0.2) is 34.5 Å². The molecule has 0 aliphatic heterocycles. The molecule has 0 spiro atoms. The third-order valence-corrected chi connectivity index (χ3v) is 10.8. The Labute approximate surface area is 303 Å². The van der Waals surface area contributed by atoms with Crippen molar-refractivity contribution in [3.63, 3.8) is 0 Å². The molecule has 1 aliphatic rings. The molecular formula is C41H50O11. The summed E-state index contributed by atoms with van der Waals surface area (Å²) in [5.41, 5.74) is 1.03. The lowest BCUT2D eigenvalue weighted by molar-refractivity contribution is 0.344. The fraction of sp³-hybridized carbons (Fsp3) is 0.415. The van der Waals surface area contributed by atoms with Gasteiger partial charge in [0.1, 0.15) is 11.5 Å².